The van der Waals surface area contributed by atoms with Crippen molar-refractivity contribution in [3.05, 3.63) is 77.4 Å². The number of ether oxygens (including phenoxy) is 2. The van der Waals surface area contributed by atoms with Crippen LogP contribution in [0.2, 0.25) is 0 Å². The third kappa shape index (κ3) is 4.80. The number of esters is 1. The quantitative estimate of drug-likeness (QED) is 0.756. The highest BCUT2D eigenvalue weighted by atomic mass is 16.5. The predicted molar refractivity (Wildman–Crippen MR) is 94.2 cm³/mol. The Bertz CT molecular complexity index is 793. The molecule has 2 aromatic carbocycles. The maximum absolute atomic E-state index is 12.1. The van der Waals surface area contributed by atoms with Gasteiger partial charge in [-0.2, -0.15) is 0 Å². The second-order valence-corrected chi connectivity index (χ2v) is 6.07. The molecule has 0 radical (unpaired) electrons. The fraction of sp³-hybridized carbons (Fsp3) is 0.238. The molecule has 0 bridgehead atoms. The zero-order chi connectivity index (χ0) is 17.6. The molecule has 1 aliphatic rings. The number of carbonyl (C=O) groups excluding carboxylic acids is 2. The van der Waals surface area contributed by atoms with Gasteiger partial charge in [-0.25, -0.2) is 0 Å². The first kappa shape index (κ1) is 17.0. The Balaban J connectivity index is 1.63. The topological polar surface area (TPSA) is 52.6 Å². The highest BCUT2D eigenvalue weighted by Crippen LogP contribution is 2.23. The van der Waals surface area contributed by atoms with Crippen LogP contribution < -0.4 is 4.74 Å². The maximum Gasteiger partial charge on any atom is 0.303 e. The van der Waals surface area contributed by atoms with Crippen LogP contribution in [0.15, 0.2) is 66.2 Å². The molecule has 1 atom stereocenters. The Morgan fingerprint density at radius 2 is 1.84 bits per heavy atom. The summed E-state index contributed by atoms with van der Waals surface area (Å²) >= 11 is 0. The summed E-state index contributed by atoms with van der Waals surface area (Å²) in [7, 11) is 0. The van der Waals surface area contributed by atoms with Crippen molar-refractivity contribution < 1.29 is 19.1 Å². The highest BCUT2D eigenvalue weighted by molar-refractivity contribution is 5.99. The highest BCUT2D eigenvalue weighted by Gasteiger charge is 2.25. The number of hydrogen-bond donors (Lipinski definition) is 0. The van der Waals surface area contributed by atoms with E-state index in [2.05, 4.69) is 0 Å². The molecular formula is C21H20O4. The average molecular weight is 336 g/mol. The summed E-state index contributed by atoms with van der Waals surface area (Å²) in [4.78, 5) is 23.1. The van der Waals surface area contributed by atoms with Crippen LogP contribution in [0.3, 0.4) is 0 Å². The van der Waals surface area contributed by atoms with E-state index in [1.54, 1.807) is 6.08 Å². The Hall–Kier alpha value is -2.88. The van der Waals surface area contributed by atoms with Gasteiger partial charge in [0.2, 0.25) is 0 Å². The molecule has 1 aliphatic carbocycles. The van der Waals surface area contributed by atoms with E-state index in [9.17, 15) is 9.59 Å². The number of carbonyl (C=O) groups is 2. The minimum Gasteiger partial charge on any atom is -0.489 e. The van der Waals surface area contributed by atoms with E-state index in [-0.39, 0.29) is 18.2 Å². The van der Waals surface area contributed by atoms with Crippen molar-refractivity contribution in [3.63, 3.8) is 0 Å². The van der Waals surface area contributed by atoms with Crippen molar-refractivity contribution in [2.45, 2.75) is 32.5 Å². The first-order chi connectivity index (χ1) is 12.1. The number of allylic oxidation sites excluding steroid dienone is 1. The van der Waals surface area contributed by atoms with Crippen molar-refractivity contribution in [1.82, 2.24) is 0 Å². The summed E-state index contributed by atoms with van der Waals surface area (Å²) < 4.78 is 10.9. The lowest BCUT2D eigenvalue weighted by Gasteiger charge is -2.08. The fourth-order valence-electron chi connectivity index (χ4n) is 2.84. The van der Waals surface area contributed by atoms with Crippen molar-refractivity contribution >= 4 is 11.8 Å². The summed E-state index contributed by atoms with van der Waals surface area (Å²) in [6.07, 6.45) is 2.07. The molecule has 0 amide bonds. The third-order valence-electron chi connectivity index (χ3n) is 3.99. The minimum absolute atomic E-state index is 0.0295. The smallest absolute Gasteiger partial charge is 0.303 e. The molecule has 0 aromatic heterocycles. The van der Waals surface area contributed by atoms with E-state index in [4.69, 9.17) is 9.47 Å². The molecule has 0 N–H and O–H groups in total. The van der Waals surface area contributed by atoms with Gasteiger partial charge in [0.25, 0.3) is 0 Å². The summed E-state index contributed by atoms with van der Waals surface area (Å²) in [5.74, 6) is 0.428. The number of benzene rings is 2. The van der Waals surface area contributed by atoms with Crippen LogP contribution in [-0.2, 0) is 27.4 Å². The molecule has 0 saturated heterocycles. The van der Waals surface area contributed by atoms with Crippen LogP contribution in [0.4, 0.5) is 0 Å². The van der Waals surface area contributed by atoms with Crippen LogP contribution in [0.1, 0.15) is 24.5 Å². The molecule has 0 heterocycles. The minimum atomic E-state index is -0.433. The summed E-state index contributed by atoms with van der Waals surface area (Å²) in [5, 5.41) is 0. The number of rotatable bonds is 6. The van der Waals surface area contributed by atoms with Crippen LogP contribution >= 0.6 is 0 Å². The zero-order valence-electron chi connectivity index (χ0n) is 14.1. The lowest BCUT2D eigenvalue weighted by atomic mass is 10.0. The van der Waals surface area contributed by atoms with Gasteiger partial charge >= 0.3 is 5.97 Å². The molecular weight excluding hydrogens is 316 g/mol. The van der Waals surface area contributed by atoms with Crippen LogP contribution in [-0.4, -0.2) is 17.9 Å². The predicted octanol–water partition coefficient (Wildman–Crippen LogP) is 3.64. The van der Waals surface area contributed by atoms with Gasteiger partial charge in [-0.1, -0.05) is 42.5 Å². The molecule has 128 valence electrons. The molecule has 0 aliphatic heterocycles. The van der Waals surface area contributed by atoms with E-state index in [0.29, 0.717) is 18.6 Å². The summed E-state index contributed by atoms with van der Waals surface area (Å²) in [5.41, 5.74) is 2.78. The summed E-state index contributed by atoms with van der Waals surface area (Å²) in [6.45, 7) is 1.85. The SMILES string of the molecule is CC(=O)O[C@H]1C=C(Cc2cccc(OCc3ccccc3)c2)C(=O)C1. The monoisotopic (exact) mass is 336 g/mol. The molecule has 0 spiro atoms. The van der Waals surface area contributed by atoms with Crippen molar-refractivity contribution in [1.29, 1.82) is 0 Å². The summed E-state index contributed by atoms with van der Waals surface area (Å²) in [6, 6.07) is 17.7. The Kier molecular flexibility index (Phi) is 5.29. The second-order valence-electron chi connectivity index (χ2n) is 6.07. The van der Waals surface area contributed by atoms with Crippen molar-refractivity contribution in [2.24, 2.45) is 0 Å². The van der Waals surface area contributed by atoms with Gasteiger partial charge in [0.1, 0.15) is 18.5 Å². The van der Waals surface area contributed by atoms with Crippen LogP contribution in [0, 0.1) is 0 Å². The van der Waals surface area contributed by atoms with E-state index in [1.165, 1.54) is 6.92 Å². The number of ketones is 1. The third-order valence-corrected chi connectivity index (χ3v) is 3.99. The van der Waals surface area contributed by atoms with Crippen molar-refractivity contribution in [3.8, 4) is 5.75 Å². The Labute approximate surface area is 147 Å². The largest absolute Gasteiger partial charge is 0.489 e. The fourth-order valence-corrected chi connectivity index (χ4v) is 2.84. The number of Topliss-reactive ketones (excluding diaryl/α,β-unsaturated/α-hetero) is 1. The second kappa shape index (κ2) is 7.79. The van der Waals surface area contributed by atoms with E-state index < -0.39 is 6.10 Å². The average Bonchev–Trinajstić information content (AvgIpc) is 2.93. The molecule has 2 aromatic rings. The van der Waals surface area contributed by atoms with E-state index >= 15 is 0 Å². The van der Waals surface area contributed by atoms with Gasteiger partial charge in [-0.05, 0) is 34.9 Å². The number of hydrogen-bond acceptors (Lipinski definition) is 4. The molecule has 4 nitrogen and oxygen atoms in total. The molecule has 3 rings (SSSR count). The molecule has 4 heteroatoms. The van der Waals surface area contributed by atoms with Gasteiger partial charge in [-0.3, -0.25) is 9.59 Å². The van der Waals surface area contributed by atoms with Crippen LogP contribution in [0.25, 0.3) is 0 Å². The van der Waals surface area contributed by atoms with E-state index in [0.717, 1.165) is 16.9 Å². The molecule has 0 saturated carbocycles. The van der Waals surface area contributed by atoms with Crippen LogP contribution in [0.5, 0.6) is 5.75 Å². The molecule has 25 heavy (non-hydrogen) atoms. The lowest BCUT2D eigenvalue weighted by Crippen LogP contribution is -2.12. The van der Waals surface area contributed by atoms with Gasteiger partial charge in [-0.15, -0.1) is 0 Å². The van der Waals surface area contributed by atoms with Crippen molar-refractivity contribution in [2.75, 3.05) is 0 Å². The normalized spacial score (nSPS) is 16.4. The maximum atomic E-state index is 12.1. The first-order valence-electron chi connectivity index (χ1n) is 8.27. The Morgan fingerprint density at radius 3 is 2.60 bits per heavy atom. The van der Waals surface area contributed by atoms with Gasteiger partial charge in [0.15, 0.2) is 5.78 Å². The Morgan fingerprint density at radius 1 is 1.08 bits per heavy atom. The zero-order valence-corrected chi connectivity index (χ0v) is 14.1. The van der Waals surface area contributed by atoms with E-state index in [1.807, 2.05) is 54.6 Å². The molecule has 0 unspecified atom stereocenters. The standard InChI is InChI=1S/C21H20O4/c1-15(22)25-20-12-18(21(23)13-20)10-17-8-5-9-19(11-17)24-14-16-6-3-2-4-7-16/h2-9,11-12,20H,10,13-14H2,1H3/t20-/m0/s1. The van der Waals surface area contributed by atoms with Gasteiger partial charge in [0, 0.05) is 13.3 Å². The van der Waals surface area contributed by atoms with Gasteiger partial charge in [0.05, 0.1) is 6.42 Å². The van der Waals surface area contributed by atoms with Gasteiger partial charge < -0.3 is 9.47 Å². The first-order valence-corrected chi connectivity index (χ1v) is 8.27. The molecule has 0 fully saturated rings. The lowest BCUT2D eigenvalue weighted by molar-refractivity contribution is -0.144.